The SMILES string of the molecule is CCN(Cc1nc(-c2ccccc2)no1)C(=O)C(C)C. The van der Waals surface area contributed by atoms with E-state index >= 15 is 0 Å². The summed E-state index contributed by atoms with van der Waals surface area (Å²) in [6.07, 6.45) is 0. The molecule has 0 aliphatic heterocycles. The maximum atomic E-state index is 12.0. The molecular formula is C15H19N3O2. The topological polar surface area (TPSA) is 59.2 Å². The third-order valence-corrected chi connectivity index (χ3v) is 3.01. The highest BCUT2D eigenvalue weighted by Crippen LogP contribution is 2.16. The van der Waals surface area contributed by atoms with Crippen molar-refractivity contribution in [1.29, 1.82) is 0 Å². The number of carbonyl (C=O) groups is 1. The van der Waals surface area contributed by atoms with Gasteiger partial charge >= 0.3 is 0 Å². The van der Waals surface area contributed by atoms with Crippen LogP contribution < -0.4 is 0 Å². The molecule has 0 spiro atoms. The maximum absolute atomic E-state index is 12.0. The Bertz CT molecular complexity index is 564. The molecule has 20 heavy (non-hydrogen) atoms. The largest absolute Gasteiger partial charge is 0.337 e. The quantitative estimate of drug-likeness (QED) is 0.840. The normalized spacial score (nSPS) is 10.8. The van der Waals surface area contributed by atoms with Crippen LogP contribution in [0.4, 0.5) is 0 Å². The second kappa shape index (κ2) is 6.32. The Morgan fingerprint density at radius 3 is 2.60 bits per heavy atom. The second-order valence-corrected chi connectivity index (χ2v) is 4.88. The van der Waals surface area contributed by atoms with Gasteiger partial charge in [0.2, 0.25) is 17.6 Å². The standard InChI is InChI=1S/C15H19N3O2/c1-4-18(15(19)11(2)3)10-13-16-14(17-20-13)12-8-6-5-7-9-12/h5-9,11H,4,10H2,1-3H3. The lowest BCUT2D eigenvalue weighted by molar-refractivity contribution is -0.135. The third-order valence-electron chi connectivity index (χ3n) is 3.01. The third kappa shape index (κ3) is 3.23. The number of rotatable bonds is 5. The molecule has 106 valence electrons. The van der Waals surface area contributed by atoms with Crippen LogP contribution in [0.25, 0.3) is 11.4 Å². The van der Waals surface area contributed by atoms with E-state index in [2.05, 4.69) is 10.1 Å². The molecule has 0 atom stereocenters. The number of benzene rings is 1. The van der Waals surface area contributed by atoms with Crippen molar-refractivity contribution in [2.75, 3.05) is 6.54 Å². The molecule has 0 aliphatic rings. The minimum Gasteiger partial charge on any atom is -0.337 e. The summed E-state index contributed by atoms with van der Waals surface area (Å²) in [6.45, 7) is 6.69. The van der Waals surface area contributed by atoms with E-state index < -0.39 is 0 Å². The Hall–Kier alpha value is -2.17. The van der Waals surface area contributed by atoms with Crippen LogP contribution in [-0.2, 0) is 11.3 Å². The van der Waals surface area contributed by atoms with Crippen LogP contribution in [0.5, 0.6) is 0 Å². The van der Waals surface area contributed by atoms with Gasteiger partial charge in [-0.3, -0.25) is 4.79 Å². The number of aromatic nitrogens is 2. The fraction of sp³-hybridized carbons (Fsp3) is 0.400. The zero-order valence-corrected chi connectivity index (χ0v) is 12.0. The minimum absolute atomic E-state index is 0.0357. The first-order valence-electron chi connectivity index (χ1n) is 6.78. The van der Waals surface area contributed by atoms with Gasteiger partial charge in [0.05, 0.1) is 6.54 Å². The predicted octanol–water partition coefficient (Wildman–Crippen LogP) is 2.74. The van der Waals surface area contributed by atoms with Gasteiger partial charge in [-0.05, 0) is 6.92 Å². The highest BCUT2D eigenvalue weighted by Gasteiger charge is 2.18. The average molecular weight is 273 g/mol. The molecule has 2 rings (SSSR count). The highest BCUT2D eigenvalue weighted by molar-refractivity contribution is 5.77. The monoisotopic (exact) mass is 273 g/mol. The lowest BCUT2D eigenvalue weighted by atomic mass is 10.2. The molecule has 5 nitrogen and oxygen atoms in total. The van der Waals surface area contributed by atoms with Crippen molar-refractivity contribution in [3.05, 3.63) is 36.2 Å². The average Bonchev–Trinajstić information content (AvgIpc) is 2.93. The van der Waals surface area contributed by atoms with Crippen molar-refractivity contribution in [2.24, 2.45) is 5.92 Å². The first-order valence-corrected chi connectivity index (χ1v) is 6.78. The molecule has 5 heteroatoms. The smallest absolute Gasteiger partial charge is 0.246 e. The Morgan fingerprint density at radius 1 is 1.30 bits per heavy atom. The fourth-order valence-corrected chi connectivity index (χ4v) is 1.90. The van der Waals surface area contributed by atoms with Crippen LogP contribution in [0.2, 0.25) is 0 Å². The van der Waals surface area contributed by atoms with Gasteiger partial charge < -0.3 is 9.42 Å². The van der Waals surface area contributed by atoms with E-state index in [4.69, 9.17) is 4.52 Å². The van der Waals surface area contributed by atoms with Gasteiger partial charge in [-0.2, -0.15) is 4.98 Å². The number of hydrogen-bond donors (Lipinski definition) is 0. The van der Waals surface area contributed by atoms with E-state index in [1.807, 2.05) is 51.1 Å². The number of nitrogens with zero attached hydrogens (tertiary/aromatic N) is 3. The van der Waals surface area contributed by atoms with Crippen LogP contribution in [0.1, 0.15) is 26.7 Å². The van der Waals surface area contributed by atoms with Crippen LogP contribution >= 0.6 is 0 Å². The highest BCUT2D eigenvalue weighted by atomic mass is 16.5. The van der Waals surface area contributed by atoms with Crippen molar-refractivity contribution in [3.8, 4) is 11.4 Å². The van der Waals surface area contributed by atoms with E-state index in [0.717, 1.165) is 5.56 Å². The molecule has 1 amide bonds. The molecule has 0 saturated heterocycles. The summed E-state index contributed by atoms with van der Waals surface area (Å²) >= 11 is 0. The lowest BCUT2D eigenvalue weighted by Gasteiger charge is -2.20. The van der Waals surface area contributed by atoms with E-state index in [1.54, 1.807) is 4.90 Å². The zero-order chi connectivity index (χ0) is 14.5. The van der Waals surface area contributed by atoms with Crippen LogP contribution in [0.3, 0.4) is 0 Å². The first kappa shape index (κ1) is 14.2. The van der Waals surface area contributed by atoms with Crippen molar-refractivity contribution >= 4 is 5.91 Å². The Labute approximate surface area is 118 Å². The molecule has 0 fully saturated rings. The van der Waals surface area contributed by atoms with E-state index in [1.165, 1.54) is 0 Å². The van der Waals surface area contributed by atoms with Crippen molar-refractivity contribution < 1.29 is 9.32 Å². The summed E-state index contributed by atoms with van der Waals surface area (Å²) in [4.78, 5) is 18.0. The molecule has 0 unspecified atom stereocenters. The molecule has 0 N–H and O–H groups in total. The molecule has 0 radical (unpaired) electrons. The van der Waals surface area contributed by atoms with Gasteiger partial charge in [0.25, 0.3) is 0 Å². The van der Waals surface area contributed by atoms with E-state index in [9.17, 15) is 4.79 Å². The summed E-state index contributed by atoms with van der Waals surface area (Å²) in [5, 5.41) is 3.95. The first-order chi connectivity index (χ1) is 9.61. The molecule has 1 aromatic carbocycles. The van der Waals surface area contributed by atoms with Gasteiger partial charge in [0.15, 0.2) is 0 Å². The van der Waals surface area contributed by atoms with Gasteiger partial charge in [0, 0.05) is 18.0 Å². The lowest BCUT2D eigenvalue weighted by Crippen LogP contribution is -2.33. The molecule has 0 aliphatic carbocycles. The van der Waals surface area contributed by atoms with Crippen LogP contribution in [0.15, 0.2) is 34.9 Å². The molecular weight excluding hydrogens is 254 g/mol. The summed E-state index contributed by atoms with van der Waals surface area (Å²) in [7, 11) is 0. The Morgan fingerprint density at radius 2 is 2.00 bits per heavy atom. The number of carbonyl (C=O) groups excluding carboxylic acids is 1. The second-order valence-electron chi connectivity index (χ2n) is 4.88. The van der Waals surface area contributed by atoms with Gasteiger partial charge in [-0.25, -0.2) is 0 Å². The van der Waals surface area contributed by atoms with Gasteiger partial charge in [-0.15, -0.1) is 0 Å². The summed E-state index contributed by atoms with van der Waals surface area (Å²) in [5.41, 5.74) is 0.903. The predicted molar refractivity (Wildman–Crippen MR) is 75.7 cm³/mol. The van der Waals surface area contributed by atoms with Gasteiger partial charge in [-0.1, -0.05) is 49.3 Å². The summed E-state index contributed by atoms with van der Waals surface area (Å²) in [5.74, 6) is 1.06. The van der Waals surface area contributed by atoms with Crippen molar-refractivity contribution in [2.45, 2.75) is 27.3 Å². The maximum Gasteiger partial charge on any atom is 0.246 e. The molecule has 2 aromatic rings. The molecule has 0 saturated carbocycles. The van der Waals surface area contributed by atoms with E-state index in [0.29, 0.717) is 24.8 Å². The zero-order valence-electron chi connectivity index (χ0n) is 12.0. The van der Waals surface area contributed by atoms with Crippen LogP contribution in [-0.4, -0.2) is 27.5 Å². The number of hydrogen-bond acceptors (Lipinski definition) is 4. The van der Waals surface area contributed by atoms with Crippen molar-refractivity contribution in [3.63, 3.8) is 0 Å². The molecule has 1 heterocycles. The molecule has 0 bridgehead atoms. The fourth-order valence-electron chi connectivity index (χ4n) is 1.90. The van der Waals surface area contributed by atoms with Gasteiger partial charge in [0.1, 0.15) is 0 Å². The van der Waals surface area contributed by atoms with Crippen LogP contribution in [0, 0.1) is 5.92 Å². The summed E-state index contributed by atoms with van der Waals surface area (Å²) in [6, 6.07) is 9.62. The summed E-state index contributed by atoms with van der Waals surface area (Å²) < 4.78 is 5.23. The van der Waals surface area contributed by atoms with Crippen molar-refractivity contribution in [1.82, 2.24) is 15.0 Å². The Kier molecular flexibility index (Phi) is 4.50. The number of amides is 1. The van der Waals surface area contributed by atoms with E-state index in [-0.39, 0.29) is 11.8 Å². The minimum atomic E-state index is -0.0357. The molecule has 1 aromatic heterocycles. The Balaban J connectivity index is 2.11.